The summed E-state index contributed by atoms with van der Waals surface area (Å²) >= 11 is 0. The first-order chi connectivity index (χ1) is 24.2. The van der Waals surface area contributed by atoms with Crippen LogP contribution in [-0.4, -0.2) is 5.91 Å². The van der Waals surface area contributed by atoms with E-state index in [0.29, 0.717) is 5.56 Å². The van der Waals surface area contributed by atoms with Gasteiger partial charge in [0.1, 0.15) is 0 Å². The molecule has 0 heterocycles. The molecule has 0 bridgehead atoms. The predicted octanol–water partition coefficient (Wildman–Crippen LogP) is 12.7. The number of para-hydroxylation sites is 1. The van der Waals surface area contributed by atoms with Crippen LogP contribution in [-0.2, 0) is 0 Å². The molecule has 0 saturated carbocycles. The molecule has 2 nitrogen and oxygen atoms in total. The fourth-order valence-electron chi connectivity index (χ4n) is 7.92. The standard InChI is InChI=1S/C47H29NO/c49-47(34-10-3-1-4-11-34)48(37-15-5-2-6-16-37)38-26-24-30(25-27-38)36-28-35-23-22-33-13-8-18-40-39-17-7-12-31-20-21-32-14-9-19-41(45(32)43(31)39)42(29-36)46(35)44(33)40/h1-29H. The van der Waals surface area contributed by atoms with E-state index in [-0.39, 0.29) is 5.91 Å². The molecule has 10 rings (SSSR count). The van der Waals surface area contributed by atoms with Gasteiger partial charge in [0.15, 0.2) is 0 Å². The molecule has 10 aromatic carbocycles. The van der Waals surface area contributed by atoms with E-state index in [1.165, 1.54) is 64.6 Å². The zero-order chi connectivity index (χ0) is 32.5. The molecular formula is C47H29NO. The summed E-state index contributed by atoms with van der Waals surface area (Å²) in [5, 5.41) is 15.2. The fourth-order valence-corrected chi connectivity index (χ4v) is 7.92. The summed E-state index contributed by atoms with van der Waals surface area (Å²) in [6, 6.07) is 61.6. The largest absolute Gasteiger partial charge is 0.277 e. The quantitative estimate of drug-likeness (QED) is 0.179. The molecule has 0 atom stereocenters. The second kappa shape index (κ2) is 10.8. The van der Waals surface area contributed by atoms with Crippen molar-refractivity contribution in [1.29, 1.82) is 0 Å². The normalized spacial score (nSPS) is 11.8. The van der Waals surface area contributed by atoms with Crippen LogP contribution in [0.4, 0.5) is 11.4 Å². The Kier molecular flexibility index (Phi) is 6.06. The molecule has 0 N–H and O–H groups in total. The second-order valence-corrected chi connectivity index (χ2v) is 12.9. The molecular weight excluding hydrogens is 595 g/mol. The highest BCUT2D eigenvalue weighted by molar-refractivity contribution is 6.37. The van der Waals surface area contributed by atoms with Crippen LogP contribution in [0.2, 0.25) is 0 Å². The summed E-state index contributed by atoms with van der Waals surface area (Å²) in [5.41, 5.74) is 4.54. The molecule has 0 aliphatic heterocycles. The van der Waals surface area contributed by atoms with E-state index in [4.69, 9.17) is 0 Å². The summed E-state index contributed by atoms with van der Waals surface area (Å²) in [4.78, 5) is 15.7. The van der Waals surface area contributed by atoms with Gasteiger partial charge in [0.05, 0.1) is 0 Å². The lowest BCUT2D eigenvalue weighted by molar-refractivity contribution is 0.0999. The Hall–Kier alpha value is -6.51. The van der Waals surface area contributed by atoms with Crippen LogP contribution < -0.4 is 4.90 Å². The van der Waals surface area contributed by atoms with Crippen LogP contribution in [0.1, 0.15) is 10.4 Å². The van der Waals surface area contributed by atoms with Crippen LogP contribution in [0.3, 0.4) is 0 Å². The molecule has 0 spiro atoms. The Morgan fingerprint density at radius 2 is 0.816 bits per heavy atom. The van der Waals surface area contributed by atoms with Gasteiger partial charge in [0.2, 0.25) is 0 Å². The number of benzene rings is 9. The Balaban J connectivity index is 1.23. The Bertz CT molecular complexity index is 2870. The summed E-state index contributed by atoms with van der Waals surface area (Å²) in [5.74, 6) is -0.0627. The van der Waals surface area contributed by atoms with Crippen molar-refractivity contribution in [3.8, 4) is 11.1 Å². The maximum atomic E-state index is 13.9. The molecule has 0 saturated heterocycles. The third-order valence-corrected chi connectivity index (χ3v) is 10.1. The third-order valence-electron chi connectivity index (χ3n) is 10.1. The molecule has 0 aliphatic carbocycles. The van der Waals surface area contributed by atoms with Gasteiger partial charge in [-0.15, -0.1) is 0 Å². The van der Waals surface area contributed by atoms with Gasteiger partial charge in [-0.1, -0.05) is 127 Å². The van der Waals surface area contributed by atoms with Gasteiger partial charge < -0.3 is 0 Å². The highest BCUT2D eigenvalue weighted by atomic mass is 16.2. The first-order valence-corrected chi connectivity index (χ1v) is 16.7. The maximum Gasteiger partial charge on any atom is 0.262 e. The summed E-state index contributed by atoms with van der Waals surface area (Å²) in [7, 11) is 0. The first-order valence-electron chi connectivity index (χ1n) is 16.7. The average Bonchev–Trinajstić information content (AvgIpc) is 3.17. The minimum Gasteiger partial charge on any atom is -0.277 e. The van der Waals surface area contributed by atoms with Crippen molar-refractivity contribution >= 4 is 81.9 Å². The summed E-state index contributed by atoms with van der Waals surface area (Å²) in [6.07, 6.45) is 0. The van der Waals surface area contributed by atoms with E-state index >= 15 is 0 Å². The van der Waals surface area contributed by atoms with Gasteiger partial charge in [-0.2, -0.15) is 0 Å². The van der Waals surface area contributed by atoms with Crippen LogP contribution >= 0.6 is 0 Å². The lowest BCUT2D eigenvalue weighted by Gasteiger charge is -2.23. The van der Waals surface area contributed by atoms with E-state index in [0.717, 1.165) is 22.5 Å². The van der Waals surface area contributed by atoms with Crippen molar-refractivity contribution in [3.05, 3.63) is 181 Å². The topological polar surface area (TPSA) is 20.3 Å². The van der Waals surface area contributed by atoms with Crippen LogP contribution in [0.25, 0.3) is 75.8 Å². The molecule has 0 aliphatic rings. The zero-order valence-corrected chi connectivity index (χ0v) is 26.6. The number of fused-ring (bicyclic) bond motifs is 2. The molecule has 1 amide bonds. The SMILES string of the molecule is O=C(c1ccccc1)N(c1ccccc1)c1ccc(-c2cc3ccc4cccc5c6cccc7ccc8cccc(c(c2)c3c45)c8c76)cc1. The van der Waals surface area contributed by atoms with Crippen molar-refractivity contribution in [2.24, 2.45) is 0 Å². The molecule has 0 aromatic heterocycles. The number of hydrogen-bond acceptors (Lipinski definition) is 1. The summed E-state index contributed by atoms with van der Waals surface area (Å²) < 4.78 is 0. The third kappa shape index (κ3) is 4.24. The Morgan fingerprint density at radius 3 is 1.39 bits per heavy atom. The van der Waals surface area contributed by atoms with Gasteiger partial charge in [0.25, 0.3) is 5.91 Å². The fraction of sp³-hybridized carbons (Fsp3) is 0. The number of rotatable bonds is 4. The van der Waals surface area contributed by atoms with Crippen LogP contribution in [0.5, 0.6) is 0 Å². The Labute approximate surface area is 283 Å². The van der Waals surface area contributed by atoms with Crippen molar-refractivity contribution < 1.29 is 4.79 Å². The molecule has 49 heavy (non-hydrogen) atoms. The first kappa shape index (κ1) is 27.6. The van der Waals surface area contributed by atoms with Gasteiger partial charge in [0, 0.05) is 16.9 Å². The molecule has 0 fully saturated rings. The average molecular weight is 624 g/mol. The van der Waals surface area contributed by atoms with Gasteiger partial charge >= 0.3 is 0 Å². The monoisotopic (exact) mass is 623 g/mol. The van der Waals surface area contributed by atoms with E-state index in [1.54, 1.807) is 4.90 Å². The van der Waals surface area contributed by atoms with Crippen molar-refractivity contribution in [2.75, 3.05) is 4.90 Å². The highest BCUT2D eigenvalue weighted by Gasteiger charge is 2.20. The van der Waals surface area contributed by atoms with Gasteiger partial charge in [-0.05, 0) is 124 Å². The smallest absolute Gasteiger partial charge is 0.262 e. The number of nitrogens with zero attached hydrogens (tertiary/aromatic N) is 1. The van der Waals surface area contributed by atoms with E-state index in [2.05, 4.69) is 115 Å². The lowest BCUT2D eigenvalue weighted by Crippen LogP contribution is -2.25. The number of amides is 1. The molecule has 0 radical (unpaired) electrons. The van der Waals surface area contributed by atoms with E-state index < -0.39 is 0 Å². The Morgan fingerprint density at radius 1 is 0.347 bits per heavy atom. The number of hydrogen-bond donors (Lipinski definition) is 0. The number of carbonyl (C=O) groups is 1. The van der Waals surface area contributed by atoms with Gasteiger partial charge in [-0.25, -0.2) is 0 Å². The van der Waals surface area contributed by atoms with Crippen molar-refractivity contribution in [3.63, 3.8) is 0 Å². The number of anilines is 2. The number of carbonyl (C=O) groups excluding carboxylic acids is 1. The predicted molar refractivity (Wildman–Crippen MR) is 207 cm³/mol. The van der Waals surface area contributed by atoms with Crippen LogP contribution in [0.15, 0.2) is 176 Å². The van der Waals surface area contributed by atoms with E-state index in [1.807, 2.05) is 60.7 Å². The van der Waals surface area contributed by atoms with Crippen LogP contribution in [0, 0.1) is 0 Å². The molecule has 2 heteroatoms. The highest BCUT2D eigenvalue weighted by Crippen LogP contribution is 2.44. The second-order valence-electron chi connectivity index (χ2n) is 12.9. The van der Waals surface area contributed by atoms with Gasteiger partial charge in [-0.3, -0.25) is 9.69 Å². The minimum atomic E-state index is -0.0627. The maximum absolute atomic E-state index is 13.9. The molecule has 228 valence electrons. The molecule has 10 aromatic rings. The molecule has 0 unspecified atom stereocenters. The minimum absolute atomic E-state index is 0.0627. The summed E-state index contributed by atoms with van der Waals surface area (Å²) in [6.45, 7) is 0. The van der Waals surface area contributed by atoms with E-state index in [9.17, 15) is 4.79 Å². The van der Waals surface area contributed by atoms with Crippen molar-refractivity contribution in [1.82, 2.24) is 0 Å². The van der Waals surface area contributed by atoms with Crippen molar-refractivity contribution in [2.45, 2.75) is 0 Å². The zero-order valence-electron chi connectivity index (χ0n) is 26.6. The lowest BCUT2D eigenvalue weighted by atomic mass is 9.86.